The summed E-state index contributed by atoms with van der Waals surface area (Å²) in [5.41, 5.74) is 3.42. The van der Waals surface area contributed by atoms with Gasteiger partial charge >= 0.3 is 0 Å². The molecule has 6 heteroatoms. The lowest BCUT2D eigenvalue weighted by atomic mass is 10.1. The number of hydrogen-bond donors (Lipinski definition) is 1. The van der Waals surface area contributed by atoms with E-state index in [1.807, 2.05) is 18.2 Å². The lowest BCUT2D eigenvalue weighted by Crippen LogP contribution is -2.25. The van der Waals surface area contributed by atoms with Gasteiger partial charge in [0.1, 0.15) is 5.75 Å². The van der Waals surface area contributed by atoms with Crippen LogP contribution in [0.2, 0.25) is 0 Å². The molecule has 0 aliphatic rings. The van der Waals surface area contributed by atoms with Gasteiger partial charge in [-0.15, -0.1) is 0 Å². The number of nitrogens with one attached hydrogen (secondary N) is 1. The summed E-state index contributed by atoms with van der Waals surface area (Å²) in [5.74, 6) is 0.624. The predicted molar refractivity (Wildman–Crippen MR) is 75.0 cm³/mol. The molecule has 0 saturated carbocycles. The van der Waals surface area contributed by atoms with Gasteiger partial charge in [0.25, 0.3) is 0 Å². The summed E-state index contributed by atoms with van der Waals surface area (Å²) in [5, 5.41) is 0. The van der Waals surface area contributed by atoms with Crippen LogP contribution in [0.15, 0.2) is 22.7 Å². The van der Waals surface area contributed by atoms with Crippen LogP contribution in [0.5, 0.6) is 5.75 Å². The van der Waals surface area contributed by atoms with Crippen molar-refractivity contribution in [3.8, 4) is 5.75 Å². The van der Waals surface area contributed by atoms with Crippen molar-refractivity contribution in [2.75, 3.05) is 27.4 Å². The molecule has 1 N–H and O–H groups in total. The van der Waals surface area contributed by atoms with Gasteiger partial charge < -0.3 is 9.47 Å². The Hall–Kier alpha value is -1.11. The molecule has 5 nitrogen and oxygen atoms in total. The average Bonchev–Trinajstić information content (AvgIpc) is 2.41. The molecule has 0 saturated heterocycles. The Bertz CT molecular complexity index is 412. The van der Waals surface area contributed by atoms with Gasteiger partial charge in [0.05, 0.1) is 24.8 Å². The van der Waals surface area contributed by atoms with E-state index >= 15 is 0 Å². The Morgan fingerprint density at radius 1 is 1.32 bits per heavy atom. The third-order valence-corrected chi connectivity index (χ3v) is 3.05. The highest BCUT2D eigenvalue weighted by Crippen LogP contribution is 2.25. The summed E-state index contributed by atoms with van der Waals surface area (Å²) >= 11 is 3.41. The van der Waals surface area contributed by atoms with Crippen molar-refractivity contribution < 1.29 is 19.1 Å². The van der Waals surface area contributed by atoms with E-state index in [1.165, 1.54) is 0 Å². The summed E-state index contributed by atoms with van der Waals surface area (Å²) in [7, 11) is 3.19. The number of amides is 1. The van der Waals surface area contributed by atoms with Crippen LogP contribution in [-0.2, 0) is 20.8 Å². The summed E-state index contributed by atoms with van der Waals surface area (Å²) in [6, 6.07) is 5.74. The molecule has 0 spiro atoms. The number of hydrogen-bond acceptors (Lipinski definition) is 4. The Labute approximate surface area is 121 Å². The van der Waals surface area contributed by atoms with Crippen LogP contribution < -0.4 is 10.2 Å². The highest BCUT2D eigenvalue weighted by Gasteiger charge is 2.05. The van der Waals surface area contributed by atoms with Crippen LogP contribution in [0.4, 0.5) is 0 Å². The van der Waals surface area contributed by atoms with Crippen LogP contribution in [0, 0.1) is 0 Å². The van der Waals surface area contributed by atoms with Gasteiger partial charge in [-0.1, -0.05) is 6.07 Å². The Morgan fingerprint density at radius 3 is 2.74 bits per heavy atom. The average molecular weight is 332 g/mol. The maximum Gasteiger partial charge on any atom is 0.243 e. The maximum atomic E-state index is 11.5. The van der Waals surface area contributed by atoms with Gasteiger partial charge in [-0.05, 0) is 40.0 Å². The first kappa shape index (κ1) is 15.9. The normalized spacial score (nSPS) is 10.3. The minimum atomic E-state index is -0.150. The van der Waals surface area contributed by atoms with Gasteiger partial charge in [-0.25, -0.2) is 5.48 Å². The molecular formula is C13H18BrNO4. The van der Waals surface area contributed by atoms with Crippen LogP contribution >= 0.6 is 15.9 Å². The number of hydroxylamine groups is 1. The number of halogens is 1. The standard InChI is InChI=1S/C13H18BrNO4/c1-17-7-8-19-15-13(16)6-4-10-3-5-12(18-2)11(14)9-10/h3,5,9H,4,6-8H2,1-2H3,(H,15,16). The Kier molecular flexibility index (Phi) is 7.47. The monoisotopic (exact) mass is 331 g/mol. The molecule has 0 aliphatic carbocycles. The lowest BCUT2D eigenvalue weighted by Gasteiger charge is -2.07. The van der Waals surface area contributed by atoms with Crippen LogP contribution in [0.25, 0.3) is 0 Å². The van der Waals surface area contributed by atoms with E-state index in [2.05, 4.69) is 21.4 Å². The molecule has 106 valence electrons. The first-order chi connectivity index (χ1) is 9.17. The van der Waals surface area contributed by atoms with Crippen molar-refractivity contribution in [1.82, 2.24) is 5.48 Å². The van der Waals surface area contributed by atoms with E-state index < -0.39 is 0 Å². The van der Waals surface area contributed by atoms with E-state index in [9.17, 15) is 4.79 Å². The molecule has 1 rings (SSSR count). The third-order valence-electron chi connectivity index (χ3n) is 2.43. The number of aryl methyl sites for hydroxylation is 1. The zero-order chi connectivity index (χ0) is 14.1. The van der Waals surface area contributed by atoms with Crippen LogP contribution in [-0.4, -0.2) is 33.3 Å². The van der Waals surface area contributed by atoms with Crippen molar-refractivity contribution in [2.24, 2.45) is 0 Å². The molecule has 0 radical (unpaired) electrons. The lowest BCUT2D eigenvalue weighted by molar-refractivity contribution is -0.134. The first-order valence-corrected chi connectivity index (χ1v) is 6.68. The predicted octanol–water partition coefficient (Wildman–Crippen LogP) is 2.08. The molecule has 19 heavy (non-hydrogen) atoms. The van der Waals surface area contributed by atoms with Crippen molar-refractivity contribution in [1.29, 1.82) is 0 Å². The highest BCUT2D eigenvalue weighted by atomic mass is 79.9. The van der Waals surface area contributed by atoms with Crippen LogP contribution in [0.3, 0.4) is 0 Å². The fourth-order valence-electron chi connectivity index (χ4n) is 1.43. The van der Waals surface area contributed by atoms with E-state index in [0.717, 1.165) is 15.8 Å². The number of rotatable bonds is 8. The number of carbonyl (C=O) groups is 1. The van der Waals surface area contributed by atoms with E-state index in [1.54, 1.807) is 14.2 Å². The molecule has 1 amide bonds. The van der Waals surface area contributed by atoms with Gasteiger partial charge in [0.2, 0.25) is 5.91 Å². The Morgan fingerprint density at radius 2 is 2.11 bits per heavy atom. The number of benzene rings is 1. The summed E-state index contributed by atoms with van der Waals surface area (Å²) in [6.45, 7) is 0.794. The zero-order valence-electron chi connectivity index (χ0n) is 11.1. The molecule has 0 bridgehead atoms. The molecule has 0 aliphatic heterocycles. The highest BCUT2D eigenvalue weighted by molar-refractivity contribution is 9.10. The smallest absolute Gasteiger partial charge is 0.243 e. The number of ether oxygens (including phenoxy) is 2. The summed E-state index contributed by atoms with van der Waals surface area (Å²) in [6.07, 6.45) is 1.01. The molecule has 0 unspecified atom stereocenters. The zero-order valence-corrected chi connectivity index (χ0v) is 12.7. The second-order valence-electron chi connectivity index (χ2n) is 3.84. The number of methoxy groups -OCH3 is 2. The summed E-state index contributed by atoms with van der Waals surface area (Å²) in [4.78, 5) is 16.4. The largest absolute Gasteiger partial charge is 0.496 e. The molecule has 0 fully saturated rings. The van der Waals surface area contributed by atoms with Crippen molar-refractivity contribution >= 4 is 21.8 Å². The molecule has 0 heterocycles. The van der Waals surface area contributed by atoms with Crippen LogP contribution in [0.1, 0.15) is 12.0 Å². The minimum absolute atomic E-state index is 0.150. The topological polar surface area (TPSA) is 56.8 Å². The molecule has 1 aromatic carbocycles. The van der Waals surface area contributed by atoms with E-state index in [0.29, 0.717) is 26.1 Å². The van der Waals surface area contributed by atoms with Gasteiger partial charge in [0.15, 0.2) is 0 Å². The van der Waals surface area contributed by atoms with Crippen molar-refractivity contribution in [3.05, 3.63) is 28.2 Å². The van der Waals surface area contributed by atoms with E-state index in [4.69, 9.17) is 14.3 Å². The minimum Gasteiger partial charge on any atom is -0.496 e. The maximum absolute atomic E-state index is 11.5. The van der Waals surface area contributed by atoms with Gasteiger partial charge in [-0.3, -0.25) is 9.63 Å². The summed E-state index contributed by atoms with van der Waals surface area (Å²) < 4.78 is 10.8. The second-order valence-corrected chi connectivity index (χ2v) is 4.69. The van der Waals surface area contributed by atoms with Gasteiger partial charge in [0, 0.05) is 13.5 Å². The fraction of sp³-hybridized carbons (Fsp3) is 0.462. The number of carbonyl (C=O) groups excluding carboxylic acids is 1. The first-order valence-electron chi connectivity index (χ1n) is 5.89. The van der Waals surface area contributed by atoms with E-state index in [-0.39, 0.29) is 5.91 Å². The Balaban J connectivity index is 2.32. The fourth-order valence-corrected chi connectivity index (χ4v) is 2.02. The molecule has 1 aromatic rings. The quantitative estimate of drug-likeness (QED) is 0.585. The molecule has 0 atom stereocenters. The molecule has 0 aromatic heterocycles. The molecular weight excluding hydrogens is 314 g/mol. The SMILES string of the molecule is COCCONC(=O)CCc1ccc(OC)c(Br)c1. The second kappa shape index (κ2) is 8.90. The van der Waals surface area contributed by atoms with Crippen molar-refractivity contribution in [2.45, 2.75) is 12.8 Å². The third kappa shape index (κ3) is 6.04. The van der Waals surface area contributed by atoms with Gasteiger partial charge in [-0.2, -0.15) is 0 Å². The van der Waals surface area contributed by atoms with Crippen molar-refractivity contribution in [3.63, 3.8) is 0 Å².